The monoisotopic (exact) mass is 266 g/mol. The number of H-pyrrole nitrogens is 1. The molecule has 0 bridgehead atoms. The molecule has 104 valence electrons. The van der Waals surface area contributed by atoms with Crippen molar-refractivity contribution in [3.63, 3.8) is 0 Å². The van der Waals surface area contributed by atoms with E-state index in [9.17, 15) is 14.9 Å². The maximum absolute atomic E-state index is 12.2. The number of hydrogen-bond acceptors (Lipinski definition) is 4. The van der Waals surface area contributed by atoms with Gasteiger partial charge in [0.1, 0.15) is 5.69 Å². The van der Waals surface area contributed by atoms with Crippen LogP contribution in [0.1, 0.15) is 23.3 Å². The standard InChI is InChI=1S/C12H18N4O3/c1-13-6-9-3-2-4-15(8-9)12(17)11-5-10(7-14-11)16(18)19/h5,7,9,13-14H,2-4,6,8H2,1H3. The Kier molecular flexibility index (Phi) is 4.16. The van der Waals surface area contributed by atoms with E-state index in [4.69, 9.17) is 0 Å². The molecule has 1 aliphatic rings. The molecule has 19 heavy (non-hydrogen) atoms. The number of carbonyl (C=O) groups excluding carboxylic acids is 1. The van der Waals surface area contributed by atoms with Crippen LogP contribution in [0.2, 0.25) is 0 Å². The van der Waals surface area contributed by atoms with Crippen molar-refractivity contribution in [1.29, 1.82) is 0 Å². The van der Waals surface area contributed by atoms with E-state index in [-0.39, 0.29) is 17.3 Å². The van der Waals surface area contributed by atoms with Crippen molar-refractivity contribution < 1.29 is 9.72 Å². The molecule has 1 unspecified atom stereocenters. The first-order valence-electron chi connectivity index (χ1n) is 6.38. The maximum atomic E-state index is 12.2. The van der Waals surface area contributed by atoms with Gasteiger partial charge in [0.05, 0.1) is 11.1 Å². The van der Waals surface area contributed by atoms with E-state index >= 15 is 0 Å². The zero-order valence-corrected chi connectivity index (χ0v) is 10.9. The number of piperidine rings is 1. The molecule has 1 fully saturated rings. The lowest BCUT2D eigenvalue weighted by Gasteiger charge is -2.32. The fraction of sp³-hybridized carbons (Fsp3) is 0.583. The predicted octanol–water partition coefficient (Wildman–Crippen LogP) is 0.994. The lowest BCUT2D eigenvalue weighted by molar-refractivity contribution is -0.384. The summed E-state index contributed by atoms with van der Waals surface area (Å²) >= 11 is 0. The van der Waals surface area contributed by atoms with Gasteiger partial charge in [-0.1, -0.05) is 0 Å². The summed E-state index contributed by atoms with van der Waals surface area (Å²) in [6.45, 7) is 2.30. The van der Waals surface area contributed by atoms with E-state index in [1.54, 1.807) is 4.90 Å². The first-order valence-corrected chi connectivity index (χ1v) is 6.38. The van der Waals surface area contributed by atoms with Crippen molar-refractivity contribution in [3.05, 3.63) is 28.1 Å². The lowest BCUT2D eigenvalue weighted by Crippen LogP contribution is -2.42. The Bertz CT molecular complexity index is 469. The number of nitrogens with one attached hydrogen (secondary N) is 2. The van der Waals surface area contributed by atoms with Crippen LogP contribution in [0.5, 0.6) is 0 Å². The first-order chi connectivity index (χ1) is 9.11. The minimum absolute atomic E-state index is 0.0767. The second-order valence-electron chi connectivity index (χ2n) is 4.85. The van der Waals surface area contributed by atoms with Crippen LogP contribution in [0.3, 0.4) is 0 Å². The number of carbonyl (C=O) groups is 1. The fourth-order valence-electron chi connectivity index (χ4n) is 2.49. The minimum Gasteiger partial charge on any atom is -0.351 e. The van der Waals surface area contributed by atoms with Gasteiger partial charge in [0, 0.05) is 19.2 Å². The Morgan fingerprint density at radius 3 is 3.11 bits per heavy atom. The molecule has 1 aromatic heterocycles. The van der Waals surface area contributed by atoms with E-state index in [1.807, 2.05) is 7.05 Å². The second kappa shape index (κ2) is 5.83. The molecule has 0 radical (unpaired) electrons. The van der Waals surface area contributed by atoms with Gasteiger partial charge in [-0.15, -0.1) is 0 Å². The highest BCUT2D eigenvalue weighted by atomic mass is 16.6. The minimum atomic E-state index is -0.507. The number of rotatable bonds is 4. The largest absolute Gasteiger partial charge is 0.351 e. The molecule has 1 aliphatic heterocycles. The Hall–Kier alpha value is -1.89. The summed E-state index contributed by atoms with van der Waals surface area (Å²) in [5.74, 6) is 0.293. The molecular formula is C12H18N4O3. The van der Waals surface area contributed by atoms with Crippen LogP contribution in [0.4, 0.5) is 5.69 Å². The molecule has 0 aliphatic carbocycles. The van der Waals surface area contributed by atoms with Crippen LogP contribution in [-0.4, -0.2) is 47.4 Å². The Morgan fingerprint density at radius 1 is 1.68 bits per heavy atom. The number of likely N-dealkylation sites (tertiary alicyclic amines) is 1. The molecule has 1 aromatic rings. The van der Waals surface area contributed by atoms with Gasteiger partial charge in [-0.3, -0.25) is 14.9 Å². The van der Waals surface area contributed by atoms with Crippen LogP contribution in [0.15, 0.2) is 12.3 Å². The van der Waals surface area contributed by atoms with Crippen LogP contribution in [-0.2, 0) is 0 Å². The predicted molar refractivity (Wildman–Crippen MR) is 70.0 cm³/mol. The summed E-state index contributed by atoms with van der Waals surface area (Å²) in [6.07, 6.45) is 3.33. The number of aromatic amines is 1. The fourth-order valence-corrected chi connectivity index (χ4v) is 2.49. The average Bonchev–Trinajstić information content (AvgIpc) is 2.88. The van der Waals surface area contributed by atoms with Gasteiger partial charge in [-0.25, -0.2) is 0 Å². The zero-order chi connectivity index (χ0) is 13.8. The van der Waals surface area contributed by atoms with Crippen molar-refractivity contribution in [1.82, 2.24) is 15.2 Å². The van der Waals surface area contributed by atoms with Gasteiger partial charge in [0.15, 0.2) is 0 Å². The first kappa shape index (κ1) is 13.5. The number of aromatic nitrogens is 1. The highest BCUT2D eigenvalue weighted by Crippen LogP contribution is 2.19. The van der Waals surface area contributed by atoms with Crippen LogP contribution in [0, 0.1) is 16.0 Å². The van der Waals surface area contributed by atoms with Gasteiger partial charge in [0.2, 0.25) is 0 Å². The summed E-state index contributed by atoms with van der Waals surface area (Å²) in [7, 11) is 1.90. The number of hydrogen-bond donors (Lipinski definition) is 2. The second-order valence-corrected chi connectivity index (χ2v) is 4.85. The van der Waals surface area contributed by atoms with E-state index in [1.165, 1.54) is 12.3 Å². The molecule has 1 saturated heterocycles. The quantitative estimate of drug-likeness (QED) is 0.628. The maximum Gasteiger partial charge on any atom is 0.287 e. The van der Waals surface area contributed by atoms with Crippen molar-refractivity contribution >= 4 is 11.6 Å². The molecule has 0 spiro atoms. The summed E-state index contributed by atoms with van der Waals surface area (Å²) < 4.78 is 0. The van der Waals surface area contributed by atoms with Gasteiger partial charge in [-0.05, 0) is 32.4 Å². The summed E-state index contributed by atoms with van der Waals surface area (Å²) in [5, 5.41) is 13.7. The van der Waals surface area contributed by atoms with Crippen molar-refractivity contribution in [2.24, 2.45) is 5.92 Å². The molecule has 2 heterocycles. The molecular weight excluding hydrogens is 248 g/mol. The van der Waals surface area contributed by atoms with E-state index in [2.05, 4.69) is 10.3 Å². The third-order valence-electron chi connectivity index (χ3n) is 3.41. The number of nitrogens with zero attached hydrogens (tertiary/aromatic N) is 2. The van der Waals surface area contributed by atoms with Gasteiger partial charge in [0.25, 0.3) is 11.6 Å². The third-order valence-corrected chi connectivity index (χ3v) is 3.41. The molecule has 2 N–H and O–H groups in total. The smallest absolute Gasteiger partial charge is 0.287 e. The van der Waals surface area contributed by atoms with Crippen molar-refractivity contribution in [3.8, 4) is 0 Å². The molecule has 1 atom stereocenters. The van der Waals surface area contributed by atoms with Crippen molar-refractivity contribution in [2.75, 3.05) is 26.7 Å². The van der Waals surface area contributed by atoms with Gasteiger partial charge >= 0.3 is 0 Å². The highest BCUT2D eigenvalue weighted by Gasteiger charge is 2.25. The molecule has 7 nitrogen and oxygen atoms in total. The van der Waals surface area contributed by atoms with Crippen LogP contribution >= 0.6 is 0 Å². The molecule has 2 rings (SSSR count). The number of amides is 1. The normalized spacial score (nSPS) is 19.4. The summed E-state index contributed by atoms with van der Waals surface area (Å²) in [4.78, 5) is 26.8. The Morgan fingerprint density at radius 2 is 2.47 bits per heavy atom. The van der Waals surface area contributed by atoms with Crippen molar-refractivity contribution in [2.45, 2.75) is 12.8 Å². The average molecular weight is 266 g/mol. The summed E-state index contributed by atoms with van der Waals surface area (Å²) in [6, 6.07) is 1.30. The van der Waals surface area contributed by atoms with E-state index in [0.29, 0.717) is 19.0 Å². The zero-order valence-electron chi connectivity index (χ0n) is 10.9. The third kappa shape index (κ3) is 3.11. The van der Waals surface area contributed by atoms with Crippen LogP contribution < -0.4 is 5.32 Å². The van der Waals surface area contributed by atoms with Gasteiger partial charge in [-0.2, -0.15) is 0 Å². The van der Waals surface area contributed by atoms with E-state index < -0.39 is 4.92 Å². The Balaban J connectivity index is 2.03. The SMILES string of the molecule is CNCC1CCCN(C(=O)c2cc([N+](=O)[O-])c[nH]2)C1. The molecule has 1 amide bonds. The van der Waals surface area contributed by atoms with Crippen LogP contribution in [0.25, 0.3) is 0 Å². The lowest BCUT2D eigenvalue weighted by atomic mass is 9.98. The molecule has 0 aromatic carbocycles. The van der Waals surface area contributed by atoms with Gasteiger partial charge < -0.3 is 15.2 Å². The Labute approximate surface area is 111 Å². The van der Waals surface area contributed by atoms with E-state index in [0.717, 1.165) is 19.4 Å². The molecule has 0 saturated carbocycles. The topological polar surface area (TPSA) is 91.3 Å². The number of nitro groups is 1. The molecule has 7 heteroatoms. The highest BCUT2D eigenvalue weighted by molar-refractivity contribution is 5.93. The summed E-state index contributed by atoms with van der Waals surface area (Å²) in [5.41, 5.74) is 0.212.